The minimum atomic E-state index is -0.226. The van der Waals surface area contributed by atoms with Crippen molar-refractivity contribution in [3.8, 4) is 0 Å². The molecule has 0 aliphatic carbocycles. The molecule has 76 valence electrons. The average Bonchev–Trinajstić information content (AvgIpc) is 2.61. The first-order chi connectivity index (χ1) is 6.83. The molecule has 0 atom stereocenters. The molecule has 0 saturated heterocycles. The number of carbonyl (C=O) groups excluding carboxylic acids is 1. The largest absolute Gasteiger partial charge is 0.462 e. The molecule has 4 heteroatoms. The van der Waals surface area contributed by atoms with Crippen LogP contribution in [0.5, 0.6) is 0 Å². The minimum Gasteiger partial charge on any atom is -0.462 e. The van der Waals surface area contributed by atoms with Crippen LogP contribution in [0.2, 0.25) is 0 Å². The highest BCUT2D eigenvalue weighted by Gasteiger charge is 2.20. The number of esters is 1. The van der Waals surface area contributed by atoms with E-state index in [1.807, 2.05) is 12.3 Å². The zero-order valence-electron chi connectivity index (χ0n) is 8.04. The standard InChI is InChI=1S/C10H12O3S/c1-2-13-10(11)8-6-14-9-3-4-12-5-7(8)9/h6H,2-5H2,1H3. The molecule has 0 radical (unpaired) electrons. The lowest BCUT2D eigenvalue weighted by Gasteiger charge is -2.13. The maximum absolute atomic E-state index is 11.5. The molecular weight excluding hydrogens is 200 g/mol. The van der Waals surface area contributed by atoms with Crippen LogP contribution in [-0.2, 0) is 22.5 Å². The van der Waals surface area contributed by atoms with Gasteiger partial charge in [0.25, 0.3) is 0 Å². The van der Waals surface area contributed by atoms with Crippen molar-refractivity contribution >= 4 is 17.3 Å². The fourth-order valence-corrected chi connectivity index (χ4v) is 2.52. The van der Waals surface area contributed by atoms with Crippen molar-refractivity contribution < 1.29 is 14.3 Å². The van der Waals surface area contributed by atoms with E-state index in [4.69, 9.17) is 9.47 Å². The van der Waals surface area contributed by atoms with Gasteiger partial charge in [-0.05, 0) is 6.92 Å². The molecular formula is C10H12O3S. The second kappa shape index (κ2) is 4.11. The van der Waals surface area contributed by atoms with Gasteiger partial charge in [-0.1, -0.05) is 0 Å². The first-order valence-corrected chi connectivity index (χ1v) is 5.55. The van der Waals surface area contributed by atoms with E-state index in [1.165, 1.54) is 4.88 Å². The zero-order chi connectivity index (χ0) is 9.97. The van der Waals surface area contributed by atoms with Gasteiger partial charge in [0.1, 0.15) is 0 Å². The van der Waals surface area contributed by atoms with E-state index < -0.39 is 0 Å². The molecule has 0 spiro atoms. The van der Waals surface area contributed by atoms with Gasteiger partial charge in [-0.2, -0.15) is 0 Å². The Morgan fingerprint density at radius 2 is 2.57 bits per heavy atom. The molecule has 0 aromatic carbocycles. The van der Waals surface area contributed by atoms with Crippen molar-refractivity contribution in [3.05, 3.63) is 21.4 Å². The third kappa shape index (κ3) is 1.67. The Hall–Kier alpha value is -0.870. The zero-order valence-corrected chi connectivity index (χ0v) is 8.86. The van der Waals surface area contributed by atoms with Crippen LogP contribution in [0, 0.1) is 0 Å². The third-order valence-corrected chi connectivity index (χ3v) is 3.28. The molecule has 0 fully saturated rings. The molecule has 1 aromatic rings. The monoisotopic (exact) mass is 212 g/mol. The maximum atomic E-state index is 11.5. The van der Waals surface area contributed by atoms with Gasteiger partial charge in [0.15, 0.2) is 0 Å². The Bertz CT molecular complexity index is 343. The van der Waals surface area contributed by atoms with Gasteiger partial charge >= 0.3 is 5.97 Å². The number of hydrogen-bond donors (Lipinski definition) is 0. The van der Waals surface area contributed by atoms with Crippen molar-refractivity contribution in [2.75, 3.05) is 13.2 Å². The summed E-state index contributed by atoms with van der Waals surface area (Å²) in [5.41, 5.74) is 1.71. The van der Waals surface area contributed by atoms with Crippen molar-refractivity contribution in [1.29, 1.82) is 0 Å². The van der Waals surface area contributed by atoms with E-state index in [0.717, 1.165) is 18.6 Å². The van der Waals surface area contributed by atoms with Crippen molar-refractivity contribution in [2.24, 2.45) is 0 Å². The van der Waals surface area contributed by atoms with Crippen LogP contribution < -0.4 is 0 Å². The van der Waals surface area contributed by atoms with Crippen LogP contribution in [0.15, 0.2) is 5.38 Å². The van der Waals surface area contributed by atoms with Crippen molar-refractivity contribution in [3.63, 3.8) is 0 Å². The first kappa shape index (κ1) is 9.68. The summed E-state index contributed by atoms with van der Waals surface area (Å²) >= 11 is 1.63. The summed E-state index contributed by atoms with van der Waals surface area (Å²) < 4.78 is 10.3. The summed E-state index contributed by atoms with van der Waals surface area (Å²) in [6.45, 7) is 3.54. The Morgan fingerprint density at radius 1 is 1.71 bits per heavy atom. The van der Waals surface area contributed by atoms with E-state index >= 15 is 0 Å². The molecule has 1 aromatic heterocycles. The predicted molar refractivity (Wildman–Crippen MR) is 53.6 cm³/mol. The molecule has 2 rings (SSSR count). The highest BCUT2D eigenvalue weighted by Crippen LogP contribution is 2.27. The number of carbonyl (C=O) groups is 1. The van der Waals surface area contributed by atoms with Gasteiger partial charge in [-0.3, -0.25) is 0 Å². The normalized spacial score (nSPS) is 14.9. The highest BCUT2D eigenvalue weighted by molar-refractivity contribution is 7.10. The van der Waals surface area contributed by atoms with Crippen LogP contribution in [-0.4, -0.2) is 19.2 Å². The lowest BCUT2D eigenvalue weighted by atomic mass is 10.1. The molecule has 2 heterocycles. The van der Waals surface area contributed by atoms with Crippen LogP contribution >= 0.6 is 11.3 Å². The Balaban J connectivity index is 2.25. The number of fused-ring (bicyclic) bond motifs is 1. The summed E-state index contributed by atoms with van der Waals surface area (Å²) in [5.74, 6) is -0.226. The van der Waals surface area contributed by atoms with Crippen LogP contribution in [0.1, 0.15) is 27.7 Å². The second-order valence-electron chi connectivity index (χ2n) is 3.07. The summed E-state index contributed by atoms with van der Waals surface area (Å²) in [7, 11) is 0. The third-order valence-electron chi connectivity index (χ3n) is 2.20. The summed E-state index contributed by atoms with van der Waals surface area (Å²) in [6.07, 6.45) is 0.916. The predicted octanol–water partition coefficient (Wildman–Crippen LogP) is 2.00. The Labute approximate surface area is 86.6 Å². The molecule has 1 aliphatic heterocycles. The molecule has 0 bridgehead atoms. The lowest BCUT2D eigenvalue weighted by Crippen LogP contribution is -2.12. The molecule has 0 amide bonds. The lowest BCUT2D eigenvalue weighted by molar-refractivity contribution is 0.0516. The van der Waals surface area contributed by atoms with Crippen molar-refractivity contribution in [1.82, 2.24) is 0 Å². The SMILES string of the molecule is CCOC(=O)c1csc2c1COCC2. The van der Waals surface area contributed by atoms with E-state index in [0.29, 0.717) is 18.8 Å². The van der Waals surface area contributed by atoms with Crippen molar-refractivity contribution in [2.45, 2.75) is 20.0 Å². The van der Waals surface area contributed by atoms with E-state index in [1.54, 1.807) is 11.3 Å². The van der Waals surface area contributed by atoms with Crippen LogP contribution in [0.3, 0.4) is 0 Å². The number of hydrogen-bond acceptors (Lipinski definition) is 4. The van der Waals surface area contributed by atoms with Gasteiger partial charge in [0, 0.05) is 22.2 Å². The first-order valence-electron chi connectivity index (χ1n) is 4.67. The second-order valence-corrected chi connectivity index (χ2v) is 4.04. The molecule has 0 unspecified atom stereocenters. The topological polar surface area (TPSA) is 35.5 Å². The smallest absolute Gasteiger partial charge is 0.339 e. The van der Waals surface area contributed by atoms with E-state index in [-0.39, 0.29) is 5.97 Å². The van der Waals surface area contributed by atoms with E-state index in [9.17, 15) is 4.79 Å². The molecule has 3 nitrogen and oxygen atoms in total. The van der Waals surface area contributed by atoms with Gasteiger partial charge in [-0.25, -0.2) is 4.79 Å². The van der Waals surface area contributed by atoms with Gasteiger partial charge in [-0.15, -0.1) is 11.3 Å². The van der Waals surface area contributed by atoms with Gasteiger partial charge in [0.05, 0.1) is 25.4 Å². The Morgan fingerprint density at radius 3 is 3.36 bits per heavy atom. The highest BCUT2D eigenvalue weighted by atomic mass is 32.1. The van der Waals surface area contributed by atoms with Gasteiger partial charge < -0.3 is 9.47 Å². The summed E-state index contributed by atoms with van der Waals surface area (Å²) in [5, 5.41) is 1.87. The van der Waals surface area contributed by atoms with Gasteiger partial charge in [0.2, 0.25) is 0 Å². The molecule has 0 saturated carbocycles. The van der Waals surface area contributed by atoms with Crippen LogP contribution in [0.25, 0.3) is 0 Å². The number of ether oxygens (including phenoxy) is 2. The fourth-order valence-electron chi connectivity index (χ4n) is 1.51. The maximum Gasteiger partial charge on any atom is 0.339 e. The summed E-state index contributed by atoms with van der Waals surface area (Å²) in [4.78, 5) is 12.8. The number of rotatable bonds is 2. The molecule has 0 N–H and O–H groups in total. The van der Waals surface area contributed by atoms with Crippen LogP contribution in [0.4, 0.5) is 0 Å². The molecule has 1 aliphatic rings. The minimum absolute atomic E-state index is 0.226. The Kier molecular flexibility index (Phi) is 2.84. The summed E-state index contributed by atoms with van der Waals surface area (Å²) in [6, 6.07) is 0. The van der Waals surface area contributed by atoms with E-state index in [2.05, 4.69) is 0 Å². The molecule has 14 heavy (non-hydrogen) atoms. The average molecular weight is 212 g/mol. The fraction of sp³-hybridized carbons (Fsp3) is 0.500. The number of thiophene rings is 1. The quantitative estimate of drug-likeness (QED) is 0.703.